The number of hydrogen-bond donors (Lipinski definition) is 2. The van der Waals surface area contributed by atoms with E-state index < -0.39 is 0 Å². The summed E-state index contributed by atoms with van der Waals surface area (Å²) in [7, 11) is 0. The van der Waals surface area contributed by atoms with Crippen LogP contribution < -0.4 is 10.6 Å². The second-order valence-corrected chi connectivity index (χ2v) is 8.72. The number of hydrogen-bond acceptors (Lipinski definition) is 6. The number of thiazole rings is 1. The van der Waals surface area contributed by atoms with Gasteiger partial charge in [-0.25, -0.2) is 4.98 Å². The molecule has 1 aromatic heterocycles. The van der Waals surface area contributed by atoms with Gasteiger partial charge in [-0.3, -0.25) is 4.99 Å². The van der Waals surface area contributed by atoms with Crippen LogP contribution in [-0.4, -0.2) is 29.0 Å². The second kappa shape index (κ2) is 8.05. The molecule has 8 heteroatoms. The third kappa shape index (κ3) is 4.26. The van der Waals surface area contributed by atoms with Crippen molar-refractivity contribution < 1.29 is 0 Å². The number of nitrogens with zero attached hydrogens (tertiary/aromatic N) is 2. The van der Waals surface area contributed by atoms with E-state index in [9.17, 15) is 0 Å². The molecule has 2 heterocycles. The van der Waals surface area contributed by atoms with Crippen LogP contribution in [0.4, 0.5) is 10.8 Å². The van der Waals surface area contributed by atoms with Gasteiger partial charge in [-0.15, -0.1) is 0 Å². The van der Waals surface area contributed by atoms with Crippen LogP contribution in [-0.2, 0) is 6.42 Å². The molecule has 134 valence electrons. The van der Waals surface area contributed by atoms with E-state index in [2.05, 4.69) is 44.9 Å². The Balaban J connectivity index is 1.32. The maximum absolute atomic E-state index is 6.06. The highest BCUT2D eigenvalue weighted by Gasteiger charge is 2.08. The van der Waals surface area contributed by atoms with E-state index in [4.69, 9.17) is 23.2 Å². The van der Waals surface area contributed by atoms with Gasteiger partial charge in [-0.05, 0) is 36.2 Å². The van der Waals surface area contributed by atoms with E-state index in [-0.39, 0.29) is 0 Å². The average Bonchev–Trinajstić information content (AvgIpc) is 3.26. The molecule has 2 aromatic carbocycles. The van der Waals surface area contributed by atoms with Crippen molar-refractivity contribution in [3.63, 3.8) is 0 Å². The van der Waals surface area contributed by atoms with Gasteiger partial charge in [-0.2, -0.15) is 0 Å². The molecule has 0 fully saturated rings. The van der Waals surface area contributed by atoms with Gasteiger partial charge in [0.05, 0.1) is 26.8 Å². The van der Waals surface area contributed by atoms with Gasteiger partial charge in [0.25, 0.3) is 0 Å². The van der Waals surface area contributed by atoms with E-state index in [1.807, 2.05) is 6.07 Å². The SMILES string of the molecule is Clc1cc2nc(NCCc3ccc(NC4=NCCS4)cc3)sc2cc1Cl. The van der Waals surface area contributed by atoms with Crippen LogP contribution in [0.2, 0.25) is 10.0 Å². The Bertz CT molecular complexity index is 915. The fourth-order valence-electron chi connectivity index (χ4n) is 2.60. The third-order valence-corrected chi connectivity index (χ3v) is 6.50. The smallest absolute Gasteiger partial charge is 0.183 e. The summed E-state index contributed by atoms with van der Waals surface area (Å²) in [5.41, 5.74) is 3.22. The summed E-state index contributed by atoms with van der Waals surface area (Å²) in [5.74, 6) is 1.07. The zero-order valence-corrected chi connectivity index (χ0v) is 16.9. The van der Waals surface area contributed by atoms with Gasteiger partial charge >= 0.3 is 0 Å². The molecule has 0 atom stereocenters. The van der Waals surface area contributed by atoms with E-state index in [0.29, 0.717) is 10.0 Å². The number of aliphatic imine (C=N–C) groups is 1. The lowest BCUT2D eigenvalue weighted by molar-refractivity contribution is 1.02. The molecule has 4 rings (SSSR count). The lowest BCUT2D eigenvalue weighted by Crippen LogP contribution is -2.06. The molecule has 4 nitrogen and oxygen atoms in total. The summed E-state index contributed by atoms with van der Waals surface area (Å²) in [4.78, 5) is 8.96. The van der Waals surface area contributed by atoms with Crippen molar-refractivity contribution in [1.82, 2.24) is 4.98 Å². The topological polar surface area (TPSA) is 49.3 Å². The van der Waals surface area contributed by atoms with Gasteiger partial charge in [-0.1, -0.05) is 58.4 Å². The predicted molar refractivity (Wildman–Crippen MR) is 117 cm³/mol. The summed E-state index contributed by atoms with van der Waals surface area (Å²) in [6, 6.07) is 12.1. The molecule has 0 unspecified atom stereocenters. The Hall–Kier alpha value is -1.47. The summed E-state index contributed by atoms with van der Waals surface area (Å²) in [6.07, 6.45) is 0.924. The normalized spacial score (nSPS) is 13.8. The first-order chi connectivity index (χ1) is 12.7. The van der Waals surface area contributed by atoms with Crippen LogP contribution in [0.5, 0.6) is 0 Å². The molecule has 3 aromatic rings. The number of benzene rings is 2. The first-order valence-corrected chi connectivity index (χ1v) is 10.8. The zero-order chi connectivity index (χ0) is 17.9. The van der Waals surface area contributed by atoms with Gasteiger partial charge in [0, 0.05) is 18.0 Å². The lowest BCUT2D eigenvalue weighted by Gasteiger charge is -2.07. The van der Waals surface area contributed by atoms with Crippen molar-refractivity contribution in [2.75, 3.05) is 29.5 Å². The minimum absolute atomic E-state index is 0.534. The van der Waals surface area contributed by atoms with E-state index in [1.165, 1.54) is 5.56 Å². The lowest BCUT2D eigenvalue weighted by atomic mass is 10.1. The van der Waals surface area contributed by atoms with E-state index >= 15 is 0 Å². The van der Waals surface area contributed by atoms with Crippen molar-refractivity contribution >= 4 is 72.5 Å². The third-order valence-electron chi connectivity index (χ3n) is 3.91. The van der Waals surface area contributed by atoms with Gasteiger partial charge < -0.3 is 10.6 Å². The standard InChI is InChI=1S/C18H16Cl2N4S2/c19-13-9-15-16(10-14(13)20)26-18(24-15)21-6-5-11-1-3-12(4-2-11)23-17-22-7-8-25-17/h1-4,9-10H,5-8H2,(H,21,24)(H,22,23). The quantitative estimate of drug-likeness (QED) is 0.547. The Morgan fingerprint density at radius 2 is 1.88 bits per heavy atom. The van der Waals surface area contributed by atoms with Crippen molar-refractivity contribution in [3.8, 4) is 0 Å². The second-order valence-electron chi connectivity index (χ2n) is 5.79. The van der Waals surface area contributed by atoms with Crippen molar-refractivity contribution in [2.45, 2.75) is 6.42 Å². The molecule has 0 saturated heterocycles. The number of fused-ring (bicyclic) bond motifs is 1. The fourth-order valence-corrected chi connectivity index (χ4v) is 4.65. The maximum Gasteiger partial charge on any atom is 0.183 e. The number of rotatable bonds is 5. The molecular formula is C18H16Cl2N4S2. The molecule has 1 aliphatic rings. The first kappa shape index (κ1) is 17.9. The minimum Gasteiger partial charge on any atom is -0.361 e. The number of halogens is 2. The summed E-state index contributed by atoms with van der Waals surface area (Å²) in [5, 5.41) is 9.71. The number of nitrogens with one attached hydrogen (secondary N) is 2. The molecule has 0 bridgehead atoms. The van der Waals surface area contributed by atoms with Crippen molar-refractivity contribution in [1.29, 1.82) is 0 Å². The molecule has 0 radical (unpaired) electrons. The van der Waals surface area contributed by atoms with Crippen LogP contribution in [0.1, 0.15) is 5.56 Å². The van der Waals surface area contributed by atoms with Gasteiger partial charge in [0.15, 0.2) is 10.3 Å². The van der Waals surface area contributed by atoms with Gasteiger partial charge in [0.2, 0.25) is 0 Å². The Labute approximate surface area is 170 Å². The largest absolute Gasteiger partial charge is 0.361 e. The Morgan fingerprint density at radius 1 is 1.08 bits per heavy atom. The number of amidine groups is 1. The monoisotopic (exact) mass is 422 g/mol. The van der Waals surface area contributed by atoms with Crippen LogP contribution in [0, 0.1) is 0 Å². The molecular weight excluding hydrogens is 407 g/mol. The van der Waals surface area contributed by atoms with Gasteiger partial charge in [0.1, 0.15) is 0 Å². The number of anilines is 2. The molecule has 26 heavy (non-hydrogen) atoms. The first-order valence-electron chi connectivity index (χ1n) is 8.20. The van der Waals surface area contributed by atoms with Crippen LogP contribution in [0.3, 0.4) is 0 Å². The maximum atomic E-state index is 6.06. The average molecular weight is 423 g/mol. The number of aromatic nitrogens is 1. The molecule has 0 aliphatic carbocycles. The molecule has 0 saturated carbocycles. The summed E-state index contributed by atoms with van der Waals surface area (Å²) in [6.45, 7) is 1.72. The highest BCUT2D eigenvalue weighted by atomic mass is 35.5. The summed E-state index contributed by atoms with van der Waals surface area (Å²) < 4.78 is 1.03. The zero-order valence-electron chi connectivity index (χ0n) is 13.8. The van der Waals surface area contributed by atoms with Crippen molar-refractivity contribution in [3.05, 3.63) is 52.0 Å². The molecule has 0 amide bonds. The predicted octanol–water partition coefficient (Wildman–Crippen LogP) is 5.77. The van der Waals surface area contributed by atoms with E-state index in [0.717, 1.165) is 51.5 Å². The van der Waals surface area contributed by atoms with Crippen molar-refractivity contribution in [2.24, 2.45) is 4.99 Å². The molecule has 1 aliphatic heterocycles. The van der Waals surface area contributed by atoms with E-state index in [1.54, 1.807) is 29.2 Å². The Kier molecular flexibility index (Phi) is 5.55. The Morgan fingerprint density at radius 3 is 2.65 bits per heavy atom. The summed E-state index contributed by atoms with van der Waals surface area (Å²) >= 11 is 15.5. The number of thioether (sulfide) groups is 1. The highest BCUT2D eigenvalue weighted by molar-refractivity contribution is 8.14. The van der Waals surface area contributed by atoms with Crippen LogP contribution in [0.15, 0.2) is 41.4 Å². The minimum atomic E-state index is 0.534. The molecule has 0 spiro atoms. The highest BCUT2D eigenvalue weighted by Crippen LogP contribution is 2.32. The van der Waals surface area contributed by atoms with Crippen LogP contribution in [0.25, 0.3) is 10.2 Å². The fraction of sp³-hybridized carbons (Fsp3) is 0.222. The molecule has 2 N–H and O–H groups in total. The van der Waals surface area contributed by atoms with Crippen LogP contribution >= 0.6 is 46.3 Å².